The first kappa shape index (κ1) is 28.6. The van der Waals surface area contributed by atoms with Crippen LogP contribution in [0.4, 0.5) is 5.69 Å². The summed E-state index contributed by atoms with van der Waals surface area (Å²) in [6, 6.07) is 10.5. The molecule has 1 saturated carbocycles. The molecule has 0 spiro atoms. The van der Waals surface area contributed by atoms with Crippen LogP contribution in [0.1, 0.15) is 44.6 Å². The zero-order chi connectivity index (χ0) is 26.5. The van der Waals surface area contributed by atoms with Crippen LogP contribution in [0.2, 0.25) is 15.1 Å². The largest absolute Gasteiger partial charge is 0.352 e. The highest BCUT2D eigenvalue weighted by Crippen LogP contribution is 2.27. The van der Waals surface area contributed by atoms with Gasteiger partial charge >= 0.3 is 0 Å². The van der Waals surface area contributed by atoms with Crippen molar-refractivity contribution in [1.29, 1.82) is 0 Å². The Hall–Kier alpha value is -2.00. The van der Waals surface area contributed by atoms with E-state index in [-0.39, 0.29) is 34.2 Å². The third kappa shape index (κ3) is 8.00. The van der Waals surface area contributed by atoms with Gasteiger partial charge in [0.05, 0.1) is 11.9 Å². The summed E-state index contributed by atoms with van der Waals surface area (Å²) < 4.78 is 26.2. The molecule has 1 aliphatic rings. The summed E-state index contributed by atoms with van der Waals surface area (Å²) in [5, 5.41) is 4.07. The molecule has 196 valence electrons. The highest BCUT2D eigenvalue weighted by Gasteiger charge is 2.31. The van der Waals surface area contributed by atoms with Crippen LogP contribution in [-0.4, -0.2) is 50.0 Å². The quantitative estimate of drug-likeness (QED) is 0.442. The van der Waals surface area contributed by atoms with E-state index in [1.807, 2.05) is 0 Å². The summed E-state index contributed by atoms with van der Waals surface area (Å²) in [5.74, 6) is -0.821. The summed E-state index contributed by atoms with van der Waals surface area (Å²) >= 11 is 18.2. The monoisotopic (exact) mass is 573 g/mol. The van der Waals surface area contributed by atoms with Crippen LogP contribution in [0.3, 0.4) is 0 Å². The maximum atomic E-state index is 13.6. The van der Waals surface area contributed by atoms with Gasteiger partial charge in [0.2, 0.25) is 21.8 Å². The minimum absolute atomic E-state index is 0.0716. The van der Waals surface area contributed by atoms with Gasteiger partial charge in [-0.25, -0.2) is 8.42 Å². The summed E-state index contributed by atoms with van der Waals surface area (Å²) in [7, 11) is -3.88. The summed E-state index contributed by atoms with van der Waals surface area (Å²) in [4.78, 5) is 28.1. The van der Waals surface area contributed by atoms with E-state index in [1.54, 1.807) is 31.2 Å². The van der Waals surface area contributed by atoms with Crippen molar-refractivity contribution in [3.63, 3.8) is 0 Å². The first-order valence-corrected chi connectivity index (χ1v) is 14.7. The SMILES string of the molecule is C[C@@H](C(=O)NC1CCCCC1)N(Cc1ccc(Cl)cc1)C(=O)CN(c1cc(Cl)cc(Cl)c1)S(C)(=O)=O. The average Bonchev–Trinajstić information content (AvgIpc) is 2.80. The van der Waals surface area contributed by atoms with Gasteiger partial charge in [-0.2, -0.15) is 0 Å². The number of rotatable bonds is 9. The summed E-state index contributed by atoms with van der Waals surface area (Å²) in [5.41, 5.74) is 0.913. The molecule has 0 heterocycles. The van der Waals surface area contributed by atoms with Crippen molar-refractivity contribution in [3.05, 3.63) is 63.1 Å². The molecule has 1 N–H and O–H groups in total. The second-order valence-corrected chi connectivity index (χ2v) is 12.3. The van der Waals surface area contributed by atoms with Gasteiger partial charge in [0, 0.05) is 27.7 Å². The number of carbonyl (C=O) groups excluding carboxylic acids is 2. The number of halogens is 3. The Labute approximate surface area is 227 Å². The van der Waals surface area contributed by atoms with Crippen molar-refractivity contribution in [2.45, 2.75) is 57.7 Å². The van der Waals surface area contributed by atoms with E-state index in [9.17, 15) is 18.0 Å². The number of nitrogens with one attached hydrogen (secondary N) is 1. The molecule has 1 fully saturated rings. The predicted molar refractivity (Wildman–Crippen MR) is 145 cm³/mol. The standard InChI is InChI=1S/C25H30Cl3N3O4S/c1-17(25(33)29-22-6-4-3-5-7-22)30(15-18-8-10-19(26)11-9-18)24(32)16-31(36(2,34)35)23-13-20(27)12-21(28)14-23/h8-14,17,22H,3-7,15-16H2,1-2H3,(H,29,33)/t17-/m0/s1. The van der Waals surface area contributed by atoms with Crippen LogP contribution >= 0.6 is 34.8 Å². The van der Waals surface area contributed by atoms with Gasteiger partial charge in [0.25, 0.3) is 0 Å². The van der Waals surface area contributed by atoms with Crippen LogP contribution in [0.15, 0.2) is 42.5 Å². The summed E-state index contributed by atoms with van der Waals surface area (Å²) in [6.07, 6.45) is 6.06. The van der Waals surface area contributed by atoms with Crippen molar-refractivity contribution in [2.24, 2.45) is 0 Å². The third-order valence-corrected chi connectivity index (χ3v) is 8.03. The van der Waals surface area contributed by atoms with Gasteiger partial charge in [-0.3, -0.25) is 13.9 Å². The number of benzene rings is 2. The highest BCUT2D eigenvalue weighted by atomic mass is 35.5. The molecule has 0 bridgehead atoms. The number of anilines is 1. The van der Waals surface area contributed by atoms with Crippen molar-refractivity contribution >= 4 is 62.3 Å². The minimum Gasteiger partial charge on any atom is -0.352 e. The normalized spacial score (nSPS) is 15.2. The highest BCUT2D eigenvalue weighted by molar-refractivity contribution is 7.92. The molecule has 7 nitrogen and oxygen atoms in total. The van der Waals surface area contributed by atoms with Gasteiger partial charge in [0.15, 0.2) is 0 Å². The maximum absolute atomic E-state index is 13.6. The van der Waals surface area contributed by atoms with Gasteiger partial charge in [-0.15, -0.1) is 0 Å². The predicted octanol–water partition coefficient (Wildman–Crippen LogP) is 5.28. The lowest BCUT2D eigenvalue weighted by Gasteiger charge is -2.33. The number of hydrogen-bond donors (Lipinski definition) is 1. The third-order valence-electron chi connectivity index (χ3n) is 6.20. The maximum Gasteiger partial charge on any atom is 0.244 e. The number of sulfonamides is 1. The molecule has 0 aromatic heterocycles. The first-order valence-electron chi connectivity index (χ1n) is 11.7. The Morgan fingerprint density at radius 2 is 1.56 bits per heavy atom. The van der Waals surface area contributed by atoms with Crippen molar-refractivity contribution < 1.29 is 18.0 Å². The van der Waals surface area contributed by atoms with Crippen molar-refractivity contribution in [3.8, 4) is 0 Å². The molecule has 0 saturated heterocycles. The Morgan fingerprint density at radius 1 is 0.972 bits per heavy atom. The van der Waals surface area contributed by atoms with Crippen LogP contribution in [0, 0.1) is 0 Å². The fourth-order valence-electron chi connectivity index (χ4n) is 4.23. The smallest absolute Gasteiger partial charge is 0.244 e. The lowest BCUT2D eigenvalue weighted by atomic mass is 9.95. The minimum atomic E-state index is -3.88. The molecule has 1 atom stereocenters. The lowest BCUT2D eigenvalue weighted by Crippen LogP contribution is -2.52. The molecule has 36 heavy (non-hydrogen) atoms. The second-order valence-electron chi connectivity index (χ2n) is 9.06. The molecule has 0 aliphatic heterocycles. The fraction of sp³-hybridized carbons (Fsp3) is 0.440. The zero-order valence-electron chi connectivity index (χ0n) is 20.2. The van der Waals surface area contributed by atoms with Crippen LogP contribution in [0.25, 0.3) is 0 Å². The zero-order valence-corrected chi connectivity index (χ0v) is 23.3. The lowest BCUT2D eigenvalue weighted by molar-refractivity contribution is -0.139. The van der Waals surface area contributed by atoms with Crippen molar-refractivity contribution in [1.82, 2.24) is 10.2 Å². The number of carbonyl (C=O) groups is 2. The van der Waals surface area contributed by atoms with E-state index in [0.29, 0.717) is 5.02 Å². The Kier molecular flexibility index (Phi) is 9.92. The number of hydrogen-bond acceptors (Lipinski definition) is 4. The number of amides is 2. The molecule has 0 radical (unpaired) electrons. The van der Waals surface area contributed by atoms with Gasteiger partial charge < -0.3 is 10.2 Å². The molecule has 2 amide bonds. The van der Waals surface area contributed by atoms with Crippen LogP contribution < -0.4 is 9.62 Å². The fourth-order valence-corrected chi connectivity index (χ4v) is 5.71. The molecule has 1 aliphatic carbocycles. The topological polar surface area (TPSA) is 86.8 Å². The molecule has 2 aromatic rings. The van der Waals surface area contributed by atoms with Crippen LogP contribution in [0.5, 0.6) is 0 Å². The van der Waals surface area contributed by atoms with E-state index >= 15 is 0 Å². The first-order chi connectivity index (χ1) is 16.9. The van der Waals surface area contributed by atoms with Gasteiger partial charge in [0.1, 0.15) is 12.6 Å². The van der Waals surface area contributed by atoms with E-state index in [1.165, 1.54) is 23.1 Å². The van der Waals surface area contributed by atoms with E-state index in [0.717, 1.165) is 48.2 Å². The van der Waals surface area contributed by atoms with E-state index in [2.05, 4.69) is 5.32 Å². The molecule has 0 unspecified atom stereocenters. The summed E-state index contributed by atoms with van der Waals surface area (Å²) in [6.45, 7) is 1.22. The Bertz CT molecular complexity index is 1170. The second kappa shape index (κ2) is 12.5. The number of nitrogens with zero attached hydrogens (tertiary/aromatic N) is 2. The average molecular weight is 575 g/mol. The van der Waals surface area contributed by atoms with Gasteiger partial charge in [-0.05, 0) is 55.7 Å². The molecule has 2 aromatic carbocycles. The Balaban J connectivity index is 1.88. The van der Waals surface area contributed by atoms with E-state index < -0.39 is 28.5 Å². The van der Waals surface area contributed by atoms with Gasteiger partial charge in [-0.1, -0.05) is 66.2 Å². The molecular weight excluding hydrogens is 545 g/mol. The van der Waals surface area contributed by atoms with Crippen molar-refractivity contribution in [2.75, 3.05) is 17.1 Å². The molecular formula is C25H30Cl3N3O4S. The van der Waals surface area contributed by atoms with E-state index in [4.69, 9.17) is 34.8 Å². The molecule has 3 rings (SSSR count). The van der Waals surface area contributed by atoms with Crippen LogP contribution in [-0.2, 0) is 26.2 Å². The Morgan fingerprint density at radius 3 is 2.11 bits per heavy atom. The molecule has 11 heteroatoms.